The van der Waals surface area contributed by atoms with Gasteiger partial charge in [0.15, 0.2) is 0 Å². The maximum atomic E-state index is 5.77. The van der Waals surface area contributed by atoms with Gasteiger partial charge in [-0.3, -0.25) is 10.0 Å². The van der Waals surface area contributed by atoms with Crippen LogP contribution in [0, 0.1) is 5.92 Å². The molecule has 0 aromatic rings. The van der Waals surface area contributed by atoms with Gasteiger partial charge in [-0.25, -0.2) is 5.84 Å². The summed E-state index contributed by atoms with van der Waals surface area (Å²) in [6.45, 7) is 6.21. The van der Waals surface area contributed by atoms with Crippen LogP contribution in [0.25, 0.3) is 0 Å². The summed E-state index contributed by atoms with van der Waals surface area (Å²) in [6, 6.07) is 0. The Morgan fingerprint density at radius 2 is 2.27 bits per heavy atom. The van der Waals surface area contributed by atoms with Crippen LogP contribution >= 0.6 is 0 Å². The molecule has 1 aliphatic rings. The second-order valence-corrected chi connectivity index (χ2v) is 3.17. The van der Waals surface area contributed by atoms with Gasteiger partial charge in [0.05, 0.1) is 0 Å². The summed E-state index contributed by atoms with van der Waals surface area (Å²) in [5, 5.41) is 1.71. The number of hydrogen-bond donors (Lipinski definition) is 1. The summed E-state index contributed by atoms with van der Waals surface area (Å²) >= 11 is 0. The summed E-state index contributed by atoms with van der Waals surface area (Å²) in [5.74, 6) is 6.23. The van der Waals surface area contributed by atoms with Gasteiger partial charge in [0, 0.05) is 11.9 Å². The van der Waals surface area contributed by atoms with E-state index in [2.05, 4.69) is 18.8 Å². The predicted molar refractivity (Wildman–Crippen MR) is 46.9 cm³/mol. The molecule has 2 N–H and O–H groups in total. The minimum Gasteiger partial charge on any atom is -0.291 e. The molecule has 3 nitrogen and oxygen atoms in total. The van der Waals surface area contributed by atoms with Crippen molar-refractivity contribution in [3.8, 4) is 0 Å². The second-order valence-electron chi connectivity index (χ2n) is 3.17. The lowest BCUT2D eigenvalue weighted by Gasteiger charge is -2.31. The largest absolute Gasteiger partial charge is 0.291 e. The molecule has 1 aliphatic heterocycles. The molecular formula is C8H15N3. The average Bonchev–Trinajstić information content (AvgIpc) is 1.94. The van der Waals surface area contributed by atoms with E-state index in [1.807, 2.05) is 19.2 Å². The third-order valence-electron chi connectivity index (χ3n) is 1.84. The Hall–Kier alpha value is -0.830. The Morgan fingerprint density at radius 3 is 2.73 bits per heavy atom. The SMILES string of the molecule is CC1=CC=NC(C(C)C)N1N. The van der Waals surface area contributed by atoms with Crippen LogP contribution < -0.4 is 5.84 Å². The molecule has 0 aromatic heterocycles. The fourth-order valence-corrected chi connectivity index (χ4v) is 1.10. The van der Waals surface area contributed by atoms with Crippen molar-refractivity contribution in [2.75, 3.05) is 0 Å². The van der Waals surface area contributed by atoms with Crippen molar-refractivity contribution < 1.29 is 0 Å². The molecule has 0 bridgehead atoms. The van der Waals surface area contributed by atoms with Crippen LogP contribution in [0.2, 0.25) is 0 Å². The molecule has 0 radical (unpaired) electrons. The van der Waals surface area contributed by atoms with Gasteiger partial charge in [0.25, 0.3) is 0 Å². The molecule has 0 amide bonds. The summed E-state index contributed by atoms with van der Waals surface area (Å²) < 4.78 is 0. The molecular weight excluding hydrogens is 138 g/mol. The number of rotatable bonds is 1. The van der Waals surface area contributed by atoms with Crippen molar-refractivity contribution in [1.82, 2.24) is 5.01 Å². The fourth-order valence-electron chi connectivity index (χ4n) is 1.10. The van der Waals surface area contributed by atoms with E-state index in [0.717, 1.165) is 5.70 Å². The standard InChI is InChI=1S/C8H15N3/c1-6(2)8-10-5-4-7(3)11(8)9/h4-6,8H,9H2,1-3H3. The van der Waals surface area contributed by atoms with Crippen molar-refractivity contribution in [3.05, 3.63) is 11.8 Å². The van der Waals surface area contributed by atoms with Crippen LogP contribution in [-0.4, -0.2) is 17.4 Å². The highest BCUT2D eigenvalue weighted by atomic mass is 15.5. The molecule has 0 saturated heterocycles. The maximum absolute atomic E-state index is 5.77. The monoisotopic (exact) mass is 153 g/mol. The van der Waals surface area contributed by atoms with Gasteiger partial charge >= 0.3 is 0 Å². The highest BCUT2D eigenvalue weighted by Gasteiger charge is 2.19. The van der Waals surface area contributed by atoms with Gasteiger partial charge in [0.1, 0.15) is 6.17 Å². The molecule has 1 heterocycles. The topological polar surface area (TPSA) is 41.6 Å². The zero-order valence-electron chi connectivity index (χ0n) is 7.28. The van der Waals surface area contributed by atoms with Crippen LogP contribution in [0.4, 0.5) is 0 Å². The van der Waals surface area contributed by atoms with Gasteiger partial charge in [-0.2, -0.15) is 0 Å². The van der Waals surface area contributed by atoms with E-state index >= 15 is 0 Å². The van der Waals surface area contributed by atoms with E-state index in [4.69, 9.17) is 5.84 Å². The number of allylic oxidation sites excluding steroid dienone is 2. The van der Waals surface area contributed by atoms with Gasteiger partial charge < -0.3 is 0 Å². The van der Waals surface area contributed by atoms with Gasteiger partial charge in [0.2, 0.25) is 0 Å². The van der Waals surface area contributed by atoms with Crippen molar-refractivity contribution in [3.63, 3.8) is 0 Å². The van der Waals surface area contributed by atoms with Crippen molar-refractivity contribution in [2.45, 2.75) is 26.9 Å². The number of aliphatic imine (C=N–C) groups is 1. The molecule has 1 unspecified atom stereocenters. The zero-order chi connectivity index (χ0) is 8.43. The van der Waals surface area contributed by atoms with Crippen molar-refractivity contribution in [1.29, 1.82) is 0 Å². The summed E-state index contributed by atoms with van der Waals surface area (Å²) in [5.41, 5.74) is 1.07. The minimum atomic E-state index is 0.111. The molecule has 11 heavy (non-hydrogen) atoms. The Labute approximate surface area is 67.6 Å². The van der Waals surface area contributed by atoms with Crippen LogP contribution in [0.15, 0.2) is 16.8 Å². The van der Waals surface area contributed by atoms with E-state index in [9.17, 15) is 0 Å². The van der Waals surface area contributed by atoms with E-state index in [0.29, 0.717) is 5.92 Å². The molecule has 1 rings (SSSR count). The lowest BCUT2D eigenvalue weighted by molar-refractivity contribution is 0.210. The van der Waals surface area contributed by atoms with E-state index in [1.54, 1.807) is 5.01 Å². The van der Waals surface area contributed by atoms with Crippen LogP contribution in [-0.2, 0) is 0 Å². The highest BCUT2D eigenvalue weighted by molar-refractivity contribution is 5.73. The predicted octanol–water partition coefficient (Wildman–Crippen LogP) is 1.13. The Kier molecular flexibility index (Phi) is 2.29. The average molecular weight is 153 g/mol. The summed E-state index contributed by atoms with van der Waals surface area (Å²) in [7, 11) is 0. The first-order valence-corrected chi connectivity index (χ1v) is 3.87. The minimum absolute atomic E-state index is 0.111. The van der Waals surface area contributed by atoms with Gasteiger partial charge in [-0.15, -0.1) is 0 Å². The van der Waals surface area contributed by atoms with E-state index in [-0.39, 0.29) is 6.17 Å². The summed E-state index contributed by atoms with van der Waals surface area (Å²) in [6.07, 6.45) is 3.85. The smallest absolute Gasteiger partial charge is 0.137 e. The van der Waals surface area contributed by atoms with Gasteiger partial charge in [-0.1, -0.05) is 13.8 Å². The van der Waals surface area contributed by atoms with Crippen molar-refractivity contribution >= 4 is 6.21 Å². The zero-order valence-corrected chi connectivity index (χ0v) is 7.28. The van der Waals surface area contributed by atoms with E-state index < -0.39 is 0 Å². The number of nitrogens with two attached hydrogens (primary N) is 1. The van der Waals surface area contributed by atoms with E-state index in [1.165, 1.54) is 0 Å². The second kappa shape index (κ2) is 3.05. The lowest BCUT2D eigenvalue weighted by Crippen LogP contribution is -2.43. The molecule has 3 heteroatoms. The third kappa shape index (κ3) is 1.60. The number of nitrogens with zero attached hydrogens (tertiary/aromatic N) is 2. The van der Waals surface area contributed by atoms with Crippen LogP contribution in [0.3, 0.4) is 0 Å². The fraction of sp³-hybridized carbons (Fsp3) is 0.625. The first-order valence-electron chi connectivity index (χ1n) is 3.87. The molecule has 0 spiro atoms. The van der Waals surface area contributed by atoms with Crippen molar-refractivity contribution in [2.24, 2.45) is 16.8 Å². The molecule has 0 fully saturated rings. The molecule has 0 aliphatic carbocycles. The molecule has 0 saturated carbocycles. The van der Waals surface area contributed by atoms with Gasteiger partial charge in [-0.05, 0) is 18.9 Å². The highest BCUT2D eigenvalue weighted by Crippen LogP contribution is 2.15. The van der Waals surface area contributed by atoms with Crippen LogP contribution in [0.1, 0.15) is 20.8 Å². The number of hydrazine groups is 1. The Bertz CT molecular complexity index is 194. The summed E-state index contributed by atoms with van der Waals surface area (Å²) in [4.78, 5) is 4.26. The normalized spacial score (nSPS) is 24.3. The first kappa shape index (κ1) is 8.27. The van der Waals surface area contributed by atoms with Crippen LogP contribution in [0.5, 0.6) is 0 Å². The molecule has 62 valence electrons. The lowest BCUT2D eigenvalue weighted by atomic mass is 10.1. The third-order valence-corrected chi connectivity index (χ3v) is 1.84. The quantitative estimate of drug-likeness (QED) is 0.574. The first-order chi connectivity index (χ1) is 5.13. The molecule has 0 aromatic carbocycles. The Balaban J connectivity index is 2.73. The molecule has 1 atom stereocenters. The maximum Gasteiger partial charge on any atom is 0.137 e. The number of hydrogen-bond acceptors (Lipinski definition) is 3. The Morgan fingerprint density at radius 1 is 1.64 bits per heavy atom.